The molecule has 0 fully saturated rings. The van der Waals surface area contributed by atoms with Crippen molar-refractivity contribution >= 4 is 22.7 Å². The number of para-hydroxylation sites is 1. The highest BCUT2D eigenvalue weighted by molar-refractivity contribution is 5.83. The van der Waals surface area contributed by atoms with Gasteiger partial charge in [0.15, 0.2) is 5.82 Å². The lowest BCUT2D eigenvalue weighted by Gasteiger charge is -2.00. The number of nitrogens with zero attached hydrogens (tertiary/aromatic N) is 2. The van der Waals surface area contributed by atoms with Crippen LogP contribution in [-0.2, 0) is 0 Å². The molecule has 5 N–H and O–H groups in total. The molecule has 76 valence electrons. The quantitative estimate of drug-likeness (QED) is 0.273. The first-order valence-corrected chi connectivity index (χ1v) is 4.46. The zero-order chi connectivity index (χ0) is 10.7. The Morgan fingerprint density at radius 1 is 1.20 bits per heavy atom. The van der Waals surface area contributed by atoms with Gasteiger partial charge in [-0.15, -0.1) is 0 Å². The van der Waals surface area contributed by atoms with E-state index in [1.807, 2.05) is 30.3 Å². The van der Waals surface area contributed by atoms with Crippen LogP contribution < -0.4 is 17.0 Å². The van der Waals surface area contributed by atoms with Gasteiger partial charge in [0.25, 0.3) is 0 Å². The van der Waals surface area contributed by atoms with Crippen molar-refractivity contribution in [2.24, 2.45) is 16.6 Å². The summed E-state index contributed by atoms with van der Waals surface area (Å²) in [4.78, 5) is 8.27. The van der Waals surface area contributed by atoms with Crippen LogP contribution in [0.1, 0.15) is 0 Å². The van der Waals surface area contributed by atoms with Crippen LogP contribution in [0.2, 0.25) is 0 Å². The van der Waals surface area contributed by atoms with Crippen molar-refractivity contribution < 1.29 is 0 Å². The van der Waals surface area contributed by atoms with Crippen molar-refractivity contribution in [2.75, 3.05) is 0 Å². The number of hydrazine groups is 1. The zero-order valence-corrected chi connectivity index (χ0v) is 8.01. The van der Waals surface area contributed by atoms with Gasteiger partial charge >= 0.3 is 0 Å². The Bertz CT molecular complexity index is 506. The Balaban J connectivity index is 2.47. The number of fused-ring (bicyclic) bond motifs is 1. The number of nitrogens with one attached hydrogen (secondary N) is 1. The standard InChI is InChI=1S/C10H11N5/c11-10(15-12)14-9-6-5-7-3-1-2-4-8(7)13-9/h1-6H,12H2,(H3,11,13,14,15). The van der Waals surface area contributed by atoms with Crippen LogP contribution >= 0.6 is 0 Å². The first kappa shape index (κ1) is 9.42. The molecular formula is C10H11N5. The molecule has 0 bridgehead atoms. The minimum atomic E-state index is 0.137. The molecule has 0 atom stereocenters. The maximum Gasteiger partial charge on any atom is 0.209 e. The van der Waals surface area contributed by atoms with Crippen molar-refractivity contribution in [1.29, 1.82) is 0 Å². The van der Waals surface area contributed by atoms with Gasteiger partial charge in [-0.05, 0) is 18.2 Å². The molecule has 0 saturated carbocycles. The Morgan fingerprint density at radius 3 is 2.80 bits per heavy atom. The van der Waals surface area contributed by atoms with Crippen LogP contribution in [0, 0.1) is 0 Å². The Kier molecular flexibility index (Phi) is 2.47. The van der Waals surface area contributed by atoms with E-state index >= 15 is 0 Å². The molecule has 2 aromatic rings. The fourth-order valence-corrected chi connectivity index (χ4v) is 1.27. The molecule has 15 heavy (non-hydrogen) atoms. The zero-order valence-electron chi connectivity index (χ0n) is 8.01. The predicted molar refractivity (Wildman–Crippen MR) is 60.3 cm³/mol. The van der Waals surface area contributed by atoms with Crippen LogP contribution in [0.25, 0.3) is 10.9 Å². The first-order valence-electron chi connectivity index (χ1n) is 4.46. The number of hydrogen-bond acceptors (Lipinski definition) is 3. The number of guanidine groups is 1. The maximum atomic E-state index is 5.42. The molecule has 1 heterocycles. The fourth-order valence-electron chi connectivity index (χ4n) is 1.27. The summed E-state index contributed by atoms with van der Waals surface area (Å²) >= 11 is 0. The summed E-state index contributed by atoms with van der Waals surface area (Å²) in [5, 5.41) is 1.07. The average molecular weight is 201 g/mol. The Hall–Kier alpha value is -2.14. The summed E-state index contributed by atoms with van der Waals surface area (Å²) in [7, 11) is 0. The van der Waals surface area contributed by atoms with E-state index in [1.54, 1.807) is 6.07 Å². The van der Waals surface area contributed by atoms with Gasteiger partial charge < -0.3 is 5.73 Å². The molecule has 0 aliphatic rings. The smallest absolute Gasteiger partial charge is 0.209 e. The highest BCUT2D eigenvalue weighted by Crippen LogP contribution is 2.15. The van der Waals surface area contributed by atoms with Crippen molar-refractivity contribution in [1.82, 2.24) is 10.4 Å². The molecule has 0 aliphatic heterocycles. The molecule has 0 amide bonds. The van der Waals surface area contributed by atoms with E-state index in [0.717, 1.165) is 10.9 Å². The lowest BCUT2D eigenvalue weighted by molar-refractivity contribution is 1.00. The van der Waals surface area contributed by atoms with E-state index < -0.39 is 0 Å². The lowest BCUT2D eigenvalue weighted by atomic mass is 10.2. The fraction of sp³-hybridized carbons (Fsp3) is 0. The van der Waals surface area contributed by atoms with Gasteiger partial charge in [-0.1, -0.05) is 18.2 Å². The SMILES string of the molecule is NNC(N)=Nc1ccc2ccccc2n1. The molecule has 1 aromatic carbocycles. The third-order valence-corrected chi connectivity index (χ3v) is 1.97. The third-order valence-electron chi connectivity index (χ3n) is 1.97. The molecule has 0 spiro atoms. The summed E-state index contributed by atoms with van der Waals surface area (Å²) in [6.07, 6.45) is 0. The number of aliphatic imine (C=N–C) groups is 1. The van der Waals surface area contributed by atoms with E-state index in [9.17, 15) is 0 Å². The number of nitrogens with two attached hydrogens (primary N) is 2. The number of rotatable bonds is 1. The summed E-state index contributed by atoms with van der Waals surface area (Å²) in [5.41, 5.74) is 8.55. The van der Waals surface area contributed by atoms with E-state index in [0.29, 0.717) is 5.82 Å². The van der Waals surface area contributed by atoms with Gasteiger partial charge in [-0.2, -0.15) is 4.99 Å². The molecule has 0 radical (unpaired) electrons. The number of pyridine rings is 1. The topological polar surface area (TPSA) is 89.3 Å². The Morgan fingerprint density at radius 2 is 2.00 bits per heavy atom. The van der Waals surface area contributed by atoms with Crippen LogP contribution in [-0.4, -0.2) is 10.9 Å². The number of benzene rings is 1. The minimum Gasteiger partial charge on any atom is -0.369 e. The van der Waals surface area contributed by atoms with Gasteiger partial charge in [0.2, 0.25) is 5.96 Å². The number of hydrogen-bond donors (Lipinski definition) is 3. The molecule has 0 aliphatic carbocycles. The summed E-state index contributed by atoms with van der Waals surface area (Å²) < 4.78 is 0. The van der Waals surface area contributed by atoms with Crippen molar-refractivity contribution in [2.45, 2.75) is 0 Å². The molecule has 5 nitrogen and oxygen atoms in total. The summed E-state index contributed by atoms with van der Waals surface area (Å²) in [6.45, 7) is 0. The highest BCUT2D eigenvalue weighted by Gasteiger charge is 1.96. The largest absolute Gasteiger partial charge is 0.369 e. The van der Waals surface area contributed by atoms with E-state index in [2.05, 4.69) is 15.4 Å². The summed E-state index contributed by atoms with van der Waals surface area (Å²) in [6, 6.07) is 11.5. The van der Waals surface area contributed by atoms with Crippen molar-refractivity contribution in [3.63, 3.8) is 0 Å². The van der Waals surface area contributed by atoms with Gasteiger partial charge in [-0.3, -0.25) is 5.43 Å². The van der Waals surface area contributed by atoms with E-state index in [1.165, 1.54) is 0 Å². The second kappa shape index (κ2) is 3.93. The maximum absolute atomic E-state index is 5.42. The molecule has 1 aromatic heterocycles. The lowest BCUT2D eigenvalue weighted by Crippen LogP contribution is -2.36. The van der Waals surface area contributed by atoms with Gasteiger partial charge in [0.1, 0.15) is 0 Å². The third kappa shape index (κ3) is 2.03. The van der Waals surface area contributed by atoms with Crippen LogP contribution in [0.15, 0.2) is 41.4 Å². The highest BCUT2D eigenvalue weighted by atomic mass is 15.3. The number of aromatic nitrogens is 1. The normalized spacial score (nSPS) is 11.7. The van der Waals surface area contributed by atoms with E-state index in [4.69, 9.17) is 11.6 Å². The molecular weight excluding hydrogens is 190 g/mol. The summed E-state index contributed by atoms with van der Waals surface area (Å²) in [5.74, 6) is 5.77. The second-order valence-electron chi connectivity index (χ2n) is 3.00. The monoisotopic (exact) mass is 201 g/mol. The minimum absolute atomic E-state index is 0.137. The Labute approximate surface area is 86.8 Å². The van der Waals surface area contributed by atoms with Gasteiger partial charge in [0, 0.05) is 5.39 Å². The van der Waals surface area contributed by atoms with Crippen LogP contribution in [0.5, 0.6) is 0 Å². The van der Waals surface area contributed by atoms with Crippen molar-refractivity contribution in [3.8, 4) is 0 Å². The van der Waals surface area contributed by atoms with Gasteiger partial charge in [0.05, 0.1) is 5.52 Å². The molecule has 5 heteroatoms. The van der Waals surface area contributed by atoms with E-state index in [-0.39, 0.29) is 5.96 Å². The predicted octanol–water partition coefficient (Wildman–Crippen LogP) is 0.644. The average Bonchev–Trinajstić information content (AvgIpc) is 2.29. The van der Waals surface area contributed by atoms with Crippen LogP contribution in [0.4, 0.5) is 5.82 Å². The molecule has 0 unspecified atom stereocenters. The van der Waals surface area contributed by atoms with Gasteiger partial charge in [-0.25, -0.2) is 10.8 Å². The second-order valence-corrected chi connectivity index (χ2v) is 3.00. The molecule has 0 saturated heterocycles. The molecule has 2 rings (SSSR count). The first-order chi connectivity index (χ1) is 7.29. The van der Waals surface area contributed by atoms with Crippen molar-refractivity contribution in [3.05, 3.63) is 36.4 Å². The van der Waals surface area contributed by atoms with Crippen LogP contribution in [0.3, 0.4) is 0 Å².